The molecular weight excluding hydrogens is 216 g/mol. The van der Waals surface area contributed by atoms with Crippen LogP contribution in [0.1, 0.15) is 33.6 Å². The third-order valence-electron chi connectivity index (χ3n) is 3.64. The fourth-order valence-corrected chi connectivity index (χ4v) is 2.82. The molecule has 1 fully saturated rings. The van der Waals surface area contributed by atoms with E-state index in [2.05, 4.69) is 30.6 Å². The number of rotatable bonds is 5. The first-order valence-corrected chi connectivity index (χ1v) is 6.72. The molecule has 0 aromatic heterocycles. The third kappa shape index (κ3) is 4.64. The Morgan fingerprint density at radius 2 is 1.94 bits per heavy atom. The minimum Gasteiger partial charge on any atom is -0.480 e. The summed E-state index contributed by atoms with van der Waals surface area (Å²) >= 11 is 0. The Hall–Kier alpha value is -0.610. The van der Waals surface area contributed by atoms with E-state index in [-0.39, 0.29) is 6.54 Å². The van der Waals surface area contributed by atoms with Crippen molar-refractivity contribution in [2.75, 3.05) is 32.7 Å². The summed E-state index contributed by atoms with van der Waals surface area (Å²) in [6, 6.07) is 0.639. The molecule has 1 rings (SSSR count). The Morgan fingerprint density at radius 3 is 2.47 bits per heavy atom. The zero-order valence-corrected chi connectivity index (χ0v) is 11.4. The number of hydrogen-bond acceptors (Lipinski definition) is 3. The molecule has 0 radical (unpaired) electrons. The van der Waals surface area contributed by atoms with Crippen LogP contribution in [0.5, 0.6) is 0 Å². The van der Waals surface area contributed by atoms with Gasteiger partial charge in [-0.3, -0.25) is 14.6 Å². The molecule has 0 aromatic carbocycles. The zero-order chi connectivity index (χ0) is 12.8. The quantitative estimate of drug-likeness (QED) is 0.794. The molecule has 1 N–H and O–H groups in total. The molecule has 0 saturated carbocycles. The van der Waals surface area contributed by atoms with Crippen LogP contribution in [0.15, 0.2) is 0 Å². The molecule has 1 unspecified atom stereocenters. The Morgan fingerprint density at radius 1 is 1.24 bits per heavy atom. The van der Waals surface area contributed by atoms with E-state index in [0.717, 1.165) is 32.6 Å². The lowest BCUT2D eigenvalue weighted by Gasteiger charge is -2.32. The van der Waals surface area contributed by atoms with Crippen molar-refractivity contribution in [3.05, 3.63) is 0 Å². The van der Waals surface area contributed by atoms with Crippen molar-refractivity contribution in [3.63, 3.8) is 0 Å². The van der Waals surface area contributed by atoms with E-state index in [1.165, 1.54) is 6.42 Å². The number of carbonyl (C=O) groups is 1. The first-order chi connectivity index (χ1) is 8.04. The smallest absolute Gasteiger partial charge is 0.317 e. The molecular formula is C13H26N2O2. The number of nitrogens with zero attached hydrogens (tertiary/aromatic N) is 2. The number of aliphatic carboxylic acids is 1. The van der Waals surface area contributed by atoms with Crippen LogP contribution in [0.25, 0.3) is 0 Å². The Bertz CT molecular complexity index is 244. The van der Waals surface area contributed by atoms with E-state index < -0.39 is 5.97 Å². The highest BCUT2D eigenvalue weighted by Crippen LogP contribution is 2.16. The lowest BCUT2D eigenvalue weighted by Crippen LogP contribution is -2.41. The van der Waals surface area contributed by atoms with E-state index in [9.17, 15) is 4.79 Å². The van der Waals surface area contributed by atoms with Gasteiger partial charge < -0.3 is 5.11 Å². The largest absolute Gasteiger partial charge is 0.480 e. The van der Waals surface area contributed by atoms with E-state index in [4.69, 9.17) is 5.11 Å². The molecule has 0 aromatic rings. The summed E-state index contributed by atoms with van der Waals surface area (Å²) in [7, 11) is 0. The zero-order valence-electron chi connectivity index (χ0n) is 11.4. The fourth-order valence-electron chi connectivity index (χ4n) is 2.82. The second kappa shape index (κ2) is 6.97. The Labute approximate surface area is 105 Å². The monoisotopic (exact) mass is 242 g/mol. The highest BCUT2D eigenvalue weighted by atomic mass is 16.4. The first kappa shape index (κ1) is 14.5. The van der Waals surface area contributed by atoms with Crippen molar-refractivity contribution in [3.8, 4) is 0 Å². The molecule has 1 aliphatic heterocycles. The van der Waals surface area contributed by atoms with Crippen LogP contribution >= 0.6 is 0 Å². The maximum Gasteiger partial charge on any atom is 0.317 e. The van der Waals surface area contributed by atoms with Gasteiger partial charge >= 0.3 is 5.97 Å². The van der Waals surface area contributed by atoms with Gasteiger partial charge in [0.1, 0.15) is 0 Å². The van der Waals surface area contributed by atoms with E-state index >= 15 is 0 Å². The van der Waals surface area contributed by atoms with Crippen LogP contribution < -0.4 is 0 Å². The maximum atomic E-state index is 10.7. The standard InChI is InChI=1S/C13H26N2O2/c1-4-12(11(2)3)15-7-5-6-14(8-9-15)10-13(16)17/h11-12H,4-10H2,1-3H3,(H,16,17). The fraction of sp³-hybridized carbons (Fsp3) is 0.923. The van der Waals surface area contributed by atoms with Crippen molar-refractivity contribution in [2.24, 2.45) is 5.92 Å². The van der Waals surface area contributed by atoms with Crippen LogP contribution in [0.2, 0.25) is 0 Å². The third-order valence-corrected chi connectivity index (χ3v) is 3.64. The molecule has 0 spiro atoms. The average Bonchev–Trinajstić information content (AvgIpc) is 2.44. The van der Waals surface area contributed by atoms with Gasteiger partial charge in [-0.05, 0) is 25.3 Å². The summed E-state index contributed by atoms with van der Waals surface area (Å²) in [6.45, 7) is 10.9. The lowest BCUT2D eigenvalue weighted by molar-refractivity contribution is -0.138. The van der Waals surface area contributed by atoms with Crippen LogP contribution in [-0.4, -0.2) is 59.6 Å². The maximum absolute atomic E-state index is 10.7. The predicted octanol–water partition coefficient (Wildman–Crippen LogP) is 1.51. The average molecular weight is 242 g/mol. The number of carboxylic acid groups (broad SMARTS) is 1. The SMILES string of the molecule is CCC(C(C)C)N1CCCN(CC(=O)O)CC1. The molecule has 4 heteroatoms. The van der Waals surface area contributed by atoms with E-state index in [1.807, 2.05) is 0 Å². The van der Waals surface area contributed by atoms with Crippen molar-refractivity contribution >= 4 is 5.97 Å². The topological polar surface area (TPSA) is 43.8 Å². The van der Waals surface area contributed by atoms with Gasteiger partial charge in [0.05, 0.1) is 6.54 Å². The van der Waals surface area contributed by atoms with Crippen LogP contribution in [0.4, 0.5) is 0 Å². The van der Waals surface area contributed by atoms with Gasteiger partial charge in [-0.25, -0.2) is 0 Å². The number of hydrogen-bond donors (Lipinski definition) is 1. The summed E-state index contributed by atoms with van der Waals surface area (Å²) in [6.07, 6.45) is 2.26. The lowest BCUT2D eigenvalue weighted by atomic mass is 10.00. The molecule has 1 saturated heterocycles. The summed E-state index contributed by atoms with van der Waals surface area (Å²) in [5, 5.41) is 8.81. The highest BCUT2D eigenvalue weighted by molar-refractivity contribution is 5.69. The van der Waals surface area contributed by atoms with Crippen LogP contribution in [0.3, 0.4) is 0 Å². The molecule has 1 atom stereocenters. The molecule has 1 heterocycles. The van der Waals surface area contributed by atoms with E-state index in [0.29, 0.717) is 12.0 Å². The van der Waals surface area contributed by atoms with Crippen LogP contribution in [-0.2, 0) is 4.79 Å². The minimum atomic E-state index is -0.714. The summed E-state index contributed by atoms with van der Waals surface area (Å²) < 4.78 is 0. The summed E-state index contributed by atoms with van der Waals surface area (Å²) in [5.41, 5.74) is 0. The van der Waals surface area contributed by atoms with Gasteiger partial charge in [0.15, 0.2) is 0 Å². The molecule has 1 aliphatic rings. The van der Waals surface area contributed by atoms with Crippen LogP contribution in [0, 0.1) is 5.92 Å². The summed E-state index contributed by atoms with van der Waals surface area (Å²) in [5.74, 6) is -0.0413. The molecule has 100 valence electrons. The van der Waals surface area contributed by atoms with Crippen molar-refractivity contribution < 1.29 is 9.90 Å². The molecule has 0 bridgehead atoms. The van der Waals surface area contributed by atoms with E-state index in [1.54, 1.807) is 0 Å². The van der Waals surface area contributed by atoms with Gasteiger partial charge in [0.2, 0.25) is 0 Å². The predicted molar refractivity (Wildman–Crippen MR) is 69.2 cm³/mol. The van der Waals surface area contributed by atoms with Gasteiger partial charge in [0, 0.05) is 25.7 Å². The second-order valence-corrected chi connectivity index (χ2v) is 5.28. The molecule has 4 nitrogen and oxygen atoms in total. The van der Waals surface area contributed by atoms with Crippen molar-refractivity contribution in [2.45, 2.75) is 39.7 Å². The van der Waals surface area contributed by atoms with Gasteiger partial charge in [0.25, 0.3) is 0 Å². The van der Waals surface area contributed by atoms with Crippen molar-refractivity contribution in [1.29, 1.82) is 0 Å². The second-order valence-electron chi connectivity index (χ2n) is 5.28. The molecule has 0 amide bonds. The normalized spacial score (nSPS) is 21.4. The molecule has 0 aliphatic carbocycles. The minimum absolute atomic E-state index is 0.187. The molecule has 17 heavy (non-hydrogen) atoms. The Kier molecular flexibility index (Phi) is 5.92. The van der Waals surface area contributed by atoms with Gasteiger partial charge in [-0.1, -0.05) is 20.8 Å². The van der Waals surface area contributed by atoms with Gasteiger partial charge in [-0.2, -0.15) is 0 Å². The van der Waals surface area contributed by atoms with Crippen molar-refractivity contribution in [1.82, 2.24) is 9.80 Å². The summed E-state index contributed by atoms with van der Waals surface area (Å²) in [4.78, 5) is 15.3. The number of carboxylic acids is 1. The highest BCUT2D eigenvalue weighted by Gasteiger charge is 2.23. The first-order valence-electron chi connectivity index (χ1n) is 6.72. The Balaban J connectivity index is 2.49. The van der Waals surface area contributed by atoms with Gasteiger partial charge in [-0.15, -0.1) is 0 Å².